The van der Waals surface area contributed by atoms with Gasteiger partial charge in [-0.2, -0.15) is 0 Å². The third-order valence-electron chi connectivity index (χ3n) is 10.1. The van der Waals surface area contributed by atoms with Crippen LogP contribution in [0.5, 0.6) is 0 Å². The number of anilines is 3. The van der Waals surface area contributed by atoms with E-state index in [1.54, 1.807) is 0 Å². The number of aliphatic imine (C=N–C) groups is 1. The summed E-state index contributed by atoms with van der Waals surface area (Å²) < 4.78 is 6.38. The lowest BCUT2D eigenvalue weighted by molar-refractivity contribution is 0.669. The first-order valence-corrected chi connectivity index (χ1v) is 17.4. The molecule has 2 heterocycles. The molecule has 240 valence electrons. The third-order valence-corrected chi connectivity index (χ3v) is 10.1. The molecular weight excluding hydrogens is 621 g/mol. The van der Waals surface area contributed by atoms with E-state index in [0.29, 0.717) is 0 Å². The molecule has 0 fully saturated rings. The van der Waals surface area contributed by atoms with E-state index < -0.39 is 0 Å². The first kappa shape index (κ1) is 29.2. The Morgan fingerprint density at radius 1 is 0.412 bits per heavy atom. The summed E-state index contributed by atoms with van der Waals surface area (Å²) in [6.45, 7) is 0. The minimum atomic E-state index is 0.813. The predicted molar refractivity (Wildman–Crippen MR) is 213 cm³/mol. The van der Waals surface area contributed by atoms with Crippen LogP contribution < -0.4 is 4.90 Å². The van der Waals surface area contributed by atoms with Gasteiger partial charge in [-0.3, -0.25) is 4.99 Å². The highest BCUT2D eigenvalue weighted by Crippen LogP contribution is 2.45. The van der Waals surface area contributed by atoms with Crippen LogP contribution in [0.4, 0.5) is 22.7 Å². The summed E-state index contributed by atoms with van der Waals surface area (Å²) in [6, 6.07) is 64.6. The molecule has 1 aliphatic heterocycles. The summed E-state index contributed by atoms with van der Waals surface area (Å²) in [5.41, 5.74) is 14.3. The number of hydrogen-bond donors (Lipinski definition) is 0. The Hall–Kier alpha value is -6.71. The van der Waals surface area contributed by atoms with E-state index in [2.05, 4.69) is 175 Å². The summed E-state index contributed by atoms with van der Waals surface area (Å²) in [4.78, 5) is 7.64. The van der Waals surface area contributed by atoms with Crippen LogP contribution in [0.2, 0.25) is 0 Å². The fourth-order valence-electron chi connectivity index (χ4n) is 7.56. The van der Waals surface area contributed by atoms with E-state index >= 15 is 0 Å². The number of nitrogens with zero attached hydrogens (tertiary/aromatic N) is 2. The average molecular weight is 653 g/mol. The van der Waals surface area contributed by atoms with Gasteiger partial charge in [0.1, 0.15) is 11.2 Å². The van der Waals surface area contributed by atoms with Gasteiger partial charge < -0.3 is 9.32 Å². The lowest BCUT2D eigenvalue weighted by Crippen LogP contribution is -2.10. The molecule has 3 heteroatoms. The maximum Gasteiger partial charge on any atom is 0.137 e. The largest absolute Gasteiger partial charge is 0.456 e. The van der Waals surface area contributed by atoms with Crippen molar-refractivity contribution in [1.82, 2.24) is 0 Å². The number of rotatable bonds is 6. The van der Waals surface area contributed by atoms with Gasteiger partial charge in [0.15, 0.2) is 0 Å². The van der Waals surface area contributed by atoms with Gasteiger partial charge in [-0.15, -0.1) is 0 Å². The summed E-state index contributed by atoms with van der Waals surface area (Å²) in [7, 11) is 0. The van der Waals surface area contributed by atoms with Crippen molar-refractivity contribution >= 4 is 61.2 Å². The van der Waals surface area contributed by atoms with E-state index in [1.165, 1.54) is 27.8 Å². The molecule has 0 radical (unpaired) electrons. The molecule has 51 heavy (non-hydrogen) atoms. The van der Waals surface area contributed by atoms with Gasteiger partial charge in [-0.1, -0.05) is 140 Å². The zero-order valence-electron chi connectivity index (χ0n) is 27.8. The Balaban J connectivity index is 1.09. The standard InChI is InChI=1S/C48H32N2O/c1-3-10-32(11-4-1)34-18-20-36(21-19-34)44-30-37-24-28-40-43(48(37)49-44)15-9-16-45(40)50(38-25-22-35(23-26-38)33-12-5-2-6-13-33)39-27-29-42-41-14-7-8-17-46(41)51-47(42)31-39/h1-29,31H,30H2. The van der Waals surface area contributed by atoms with E-state index in [-0.39, 0.29) is 0 Å². The van der Waals surface area contributed by atoms with E-state index in [1.807, 2.05) is 12.1 Å². The van der Waals surface area contributed by atoms with E-state index in [0.717, 1.165) is 73.2 Å². The van der Waals surface area contributed by atoms with Crippen LogP contribution in [0.3, 0.4) is 0 Å². The monoisotopic (exact) mass is 652 g/mol. The lowest BCUT2D eigenvalue weighted by atomic mass is 9.98. The maximum absolute atomic E-state index is 6.38. The molecule has 1 aromatic heterocycles. The first-order valence-electron chi connectivity index (χ1n) is 17.4. The molecule has 0 amide bonds. The number of fused-ring (bicyclic) bond motifs is 6. The average Bonchev–Trinajstić information content (AvgIpc) is 3.81. The second-order valence-electron chi connectivity index (χ2n) is 13.2. The predicted octanol–water partition coefficient (Wildman–Crippen LogP) is 13.2. The van der Waals surface area contributed by atoms with Crippen molar-refractivity contribution in [2.24, 2.45) is 4.99 Å². The fourth-order valence-corrected chi connectivity index (χ4v) is 7.56. The molecule has 0 N–H and O–H groups in total. The van der Waals surface area contributed by atoms with E-state index in [9.17, 15) is 0 Å². The van der Waals surface area contributed by atoms with Gasteiger partial charge in [0.2, 0.25) is 0 Å². The Labute approximate surface area is 296 Å². The molecule has 3 nitrogen and oxygen atoms in total. The smallest absolute Gasteiger partial charge is 0.137 e. The normalized spacial score (nSPS) is 12.4. The molecule has 8 aromatic carbocycles. The topological polar surface area (TPSA) is 28.7 Å². The molecule has 0 atom stereocenters. The molecule has 0 saturated heterocycles. The van der Waals surface area contributed by atoms with Crippen LogP contribution >= 0.6 is 0 Å². The molecule has 0 saturated carbocycles. The van der Waals surface area contributed by atoms with Crippen LogP contribution in [0.1, 0.15) is 11.1 Å². The molecule has 1 aliphatic rings. The van der Waals surface area contributed by atoms with Crippen molar-refractivity contribution < 1.29 is 4.42 Å². The molecule has 0 bridgehead atoms. The Morgan fingerprint density at radius 2 is 0.980 bits per heavy atom. The second-order valence-corrected chi connectivity index (χ2v) is 13.2. The summed E-state index contributed by atoms with van der Waals surface area (Å²) >= 11 is 0. The van der Waals surface area contributed by atoms with Crippen LogP contribution in [0.25, 0.3) is 55.0 Å². The van der Waals surface area contributed by atoms with Crippen molar-refractivity contribution in [2.45, 2.75) is 6.42 Å². The lowest BCUT2D eigenvalue weighted by Gasteiger charge is -2.27. The van der Waals surface area contributed by atoms with Gasteiger partial charge in [-0.05, 0) is 69.8 Å². The minimum Gasteiger partial charge on any atom is -0.456 e. The molecule has 9 aromatic rings. The quantitative estimate of drug-likeness (QED) is 0.179. The SMILES string of the molecule is c1ccc(-c2ccc(C3=Nc4c(ccc5c(N(c6ccc(-c7ccccc7)cc6)c6ccc7c(c6)oc6ccccc67)cccc45)C3)cc2)cc1. The fraction of sp³-hybridized carbons (Fsp3) is 0.0208. The molecule has 0 spiro atoms. The zero-order chi connectivity index (χ0) is 33.7. The Kier molecular flexibility index (Phi) is 6.88. The second kappa shape index (κ2) is 12.0. The van der Waals surface area contributed by atoms with Crippen LogP contribution in [-0.2, 0) is 6.42 Å². The van der Waals surface area contributed by atoms with Gasteiger partial charge in [0.05, 0.1) is 17.1 Å². The summed E-state index contributed by atoms with van der Waals surface area (Å²) in [5.74, 6) is 0. The van der Waals surface area contributed by atoms with Crippen LogP contribution in [0.15, 0.2) is 191 Å². The molecule has 0 unspecified atom stereocenters. The zero-order valence-corrected chi connectivity index (χ0v) is 27.8. The van der Waals surface area contributed by atoms with Gasteiger partial charge >= 0.3 is 0 Å². The van der Waals surface area contributed by atoms with Crippen molar-refractivity contribution in [3.05, 3.63) is 193 Å². The molecular formula is C48H32N2O. The molecule has 10 rings (SSSR count). The maximum atomic E-state index is 6.38. The van der Waals surface area contributed by atoms with Crippen molar-refractivity contribution in [3.63, 3.8) is 0 Å². The van der Waals surface area contributed by atoms with Crippen LogP contribution in [-0.4, -0.2) is 5.71 Å². The van der Waals surface area contributed by atoms with Crippen molar-refractivity contribution in [2.75, 3.05) is 4.90 Å². The van der Waals surface area contributed by atoms with Gasteiger partial charge in [0.25, 0.3) is 0 Å². The highest BCUT2D eigenvalue weighted by molar-refractivity contribution is 6.13. The highest BCUT2D eigenvalue weighted by Gasteiger charge is 2.22. The Bertz CT molecular complexity index is 2740. The minimum absolute atomic E-state index is 0.813. The number of hydrogen-bond acceptors (Lipinski definition) is 3. The van der Waals surface area contributed by atoms with Gasteiger partial charge in [0, 0.05) is 45.4 Å². The van der Waals surface area contributed by atoms with Gasteiger partial charge in [-0.25, -0.2) is 0 Å². The van der Waals surface area contributed by atoms with Crippen LogP contribution in [0, 0.1) is 0 Å². The van der Waals surface area contributed by atoms with E-state index in [4.69, 9.17) is 9.41 Å². The number of para-hydroxylation sites is 1. The van der Waals surface area contributed by atoms with Crippen molar-refractivity contribution in [1.29, 1.82) is 0 Å². The summed E-state index contributed by atoms with van der Waals surface area (Å²) in [5, 5.41) is 4.54. The number of benzene rings is 8. The number of furan rings is 1. The Morgan fingerprint density at radius 3 is 1.73 bits per heavy atom. The summed E-state index contributed by atoms with van der Waals surface area (Å²) in [6.07, 6.45) is 0.813. The first-order chi connectivity index (χ1) is 25.3. The molecule has 0 aliphatic carbocycles. The third kappa shape index (κ3) is 5.10. The van der Waals surface area contributed by atoms with Crippen molar-refractivity contribution in [3.8, 4) is 22.3 Å². The highest BCUT2D eigenvalue weighted by atomic mass is 16.3.